The Morgan fingerprint density at radius 1 is 1.18 bits per heavy atom. The highest BCUT2D eigenvalue weighted by atomic mass is 35.5. The minimum atomic E-state index is -0.478. The summed E-state index contributed by atoms with van der Waals surface area (Å²) in [5.41, 5.74) is 1.57. The molecule has 4 fully saturated rings. The van der Waals surface area contributed by atoms with E-state index >= 15 is 0 Å². The van der Waals surface area contributed by atoms with Gasteiger partial charge in [-0.05, 0) is 87.5 Å². The molecule has 2 aromatic heterocycles. The number of esters is 1. The van der Waals surface area contributed by atoms with Gasteiger partial charge in [0.15, 0.2) is 6.61 Å². The van der Waals surface area contributed by atoms with Gasteiger partial charge in [0.05, 0.1) is 11.4 Å². The van der Waals surface area contributed by atoms with E-state index in [9.17, 15) is 9.59 Å². The Labute approximate surface area is 201 Å². The molecular formula is C25H26ClN3O3S. The highest BCUT2D eigenvalue weighted by molar-refractivity contribution is 7.20. The Hall–Kier alpha value is -2.38. The summed E-state index contributed by atoms with van der Waals surface area (Å²) in [7, 11) is 0. The molecule has 4 bridgehead atoms. The van der Waals surface area contributed by atoms with Gasteiger partial charge in [0, 0.05) is 15.9 Å². The number of rotatable bonds is 5. The van der Waals surface area contributed by atoms with Crippen molar-refractivity contribution in [2.75, 3.05) is 6.61 Å². The van der Waals surface area contributed by atoms with Crippen molar-refractivity contribution in [3.05, 3.63) is 45.9 Å². The van der Waals surface area contributed by atoms with Crippen molar-refractivity contribution >= 4 is 45.0 Å². The molecular weight excluding hydrogens is 458 g/mol. The van der Waals surface area contributed by atoms with Crippen molar-refractivity contribution in [3.8, 4) is 5.69 Å². The van der Waals surface area contributed by atoms with Crippen LogP contribution >= 0.6 is 22.9 Å². The van der Waals surface area contributed by atoms with E-state index < -0.39 is 5.97 Å². The number of carbonyl (C=O) groups excluding carboxylic acids is 2. The maximum Gasteiger partial charge on any atom is 0.348 e. The summed E-state index contributed by atoms with van der Waals surface area (Å²) < 4.78 is 7.21. The van der Waals surface area contributed by atoms with Gasteiger partial charge in [0.2, 0.25) is 0 Å². The molecule has 0 radical (unpaired) electrons. The van der Waals surface area contributed by atoms with Crippen molar-refractivity contribution in [1.29, 1.82) is 0 Å². The van der Waals surface area contributed by atoms with Crippen LogP contribution in [0.15, 0.2) is 30.3 Å². The number of fused-ring (bicyclic) bond motifs is 1. The number of hydrogen-bond donors (Lipinski definition) is 1. The molecule has 1 N–H and O–H groups in total. The van der Waals surface area contributed by atoms with Crippen LogP contribution in [0.5, 0.6) is 0 Å². The van der Waals surface area contributed by atoms with Crippen molar-refractivity contribution in [2.24, 2.45) is 17.8 Å². The first-order valence-corrected chi connectivity index (χ1v) is 12.8. The zero-order valence-electron chi connectivity index (χ0n) is 18.5. The number of amides is 1. The van der Waals surface area contributed by atoms with E-state index in [2.05, 4.69) is 10.4 Å². The predicted molar refractivity (Wildman–Crippen MR) is 128 cm³/mol. The number of aryl methyl sites for hydroxylation is 1. The van der Waals surface area contributed by atoms with Crippen LogP contribution in [-0.2, 0) is 9.53 Å². The molecule has 0 spiro atoms. The first-order valence-electron chi connectivity index (χ1n) is 11.6. The SMILES string of the molecule is Cc1nn(-c2cccc(Cl)c2)c2sc(C(=O)OCC(=O)NC34CC5CC(CC(C5)C3)C4)cc12. The van der Waals surface area contributed by atoms with Crippen LogP contribution in [0.25, 0.3) is 15.9 Å². The molecule has 0 aliphatic heterocycles. The van der Waals surface area contributed by atoms with Crippen molar-refractivity contribution in [3.63, 3.8) is 0 Å². The van der Waals surface area contributed by atoms with Crippen LogP contribution in [0.3, 0.4) is 0 Å². The third-order valence-electron chi connectivity index (χ3n) is 7.58. The Balaban J connectivity index is 1.14. The lowest BCUT2D eigenvalue weighted by molar-refractivity contribution is -0.130. The standard InChI is InChI=1S/C25H26ClN3O3S/c1-14-20-9-21(33-23(20)29(28-14)19-4-2-3-18(26)8-19)24(31)32-13-22(30)27-25-10-15-5-16(11-25)7-17(6-15)12-25/h2-4,8-9,15-17H,5-7,10-13H2,1H3,(H,27,30). The first kappa shape index (κ1) is 21.2. The summed E-state index contributed by atoms with van der Waals surface area (Å²) in [5, 5.41) is 9.36. The molecule has 172 valence electrons. The lowest BCUT2D eigenvalue weighted by Gasteiger charge is -2.56. The number of aromatic nitrogens is 2. The molecule has 7 rings (SSSR count). The van der Waals surface area contributed by atoms with Crippen LogP contribution in [0.2, 0.25) is 5.02 Å². The molecule has 6 nitrogen and oxygen atoms in total. The number of nitrogens with zero attached hydrogens (tertiary/aromatic N) is 2. The maximum atomic E-state index is 12.8. The second-order valence-electron chi connectivity index (χ2n) is 10.1. The molecule has 3 aromatic rings. The third kappa shape index (κ3) is 3.85. The normalized spacial score (nSPS) is 27.8. The molecule has 1 aromatic carbocycles. The van der Waals surface area contributed by atoms with Crippen LogP contribution in [0, 0.1) is 24.7 Å². The highest BCUT2D eigenvalue weighted by Gasteiger charge is 2.51. The Morgan fingerprint density at radius 2 is 1.88 bits per heavy atom. The Kier molecular flexibility index (Phi) is 5.03. The zero-order valence-corrected chi connectivity index (χ0v) is 20.0. The van der Waals surface area contributed by atoms with Gasteiger partial charge < -0.3 is 10.1 Å². The monoisotopic (exact) mass is 483 g/mol. The van der Waals surface area contributed by atoms with Gasteiger partial charge in [-0.2, -0.15) is 5.10 Å². The zero-order chi connectivity index (χ0) is 22.7. The molecule has 0 unspecified atom stereocenters. The number of benzene rings is 1. The topological polar surface area (TPSA) is 73.2 Å². The molecule has 4 aliphatic carbocycles. The summed E-state index contributed by atoms with van der Waals surface area (Å²) in [6, 6.07) is 9.23. The lowest BCUT2D eigenvalue weighted by atomic mass is 9.53. The molecule has 8 heteroatoms. The quantitative estimate of drug-likeness (QED) is 0.500. The van der Waals surface area contributed by atoms with Crippen LogP contribution in [0.1, 0.15) is 53.9 Å². The average Bonchev–Trinajstić information content (AvgIpc) is 3.31. The summed E-state index contributed by atoms with van der Waals surface area (Å²) >= 11 is 7.45. The van der Waals surface area contributed by atoms with E-state index in [4.69, 9.17) is 16.3 Å². The van der Waals surface area contributed by atoms with Gasteiger partial charge in [0.1, 0.15) is 9.71 Å². The summed E-state index contributed by atoms with van der Waals surface area (Å²) in [6.07, 6.45) is 7.20. The summed E-state index contributed by atoms with van der Waals surface area (Å²) in [6.45, 7) is 1.67. The van der Waals surface area contributed by atoms with Crippen LogP contribution in [0.4, 0.5) is 0 Å². The number of ether oxygens (including phenoxy) is 1. The number of carbonyl (C=O) groups is 2. The highest BCUT2D eigenvalue weighted by Crippen LogP contribution is 2.55. The van der Waals surface area contributed by atoms with Crippen molar-refractivity contribution in [2.45, 2.75) is 51.0 Å². The summed E-state index contributed by atoms with van der Waals surface area (Å²) in [4.78, 5) is 26.8. The van der Waals surface area contributed by atoms with Crippen molar-refractivity contribution < 1.29 is 14.3 Å². The van der Waals surface area contributed by atoms with Gasteiger partial charge in [-0.15, -0.1) is 11.3 Å². The first-order chi connectivity index (χ1) is 15.9. The van der Waals surface area contributed by atoms with Crippen LogP contribution in [-0.4, -0.2) is 33.8 Å². The minimum Gasteiger partial charge on any atom is -0.451 e. The predicted octanol–water partition coefficient (Wildman–Crippen LogP) is 5.29. The van der Waals surface area contributed by atoms with Crippen molar-refractivity contribution in [1.82, 2.24) is 15.1 Å². The van der Waals surface area contributed by atoms with E-state index in [0.717, 1.165) is 58.6 Å². The van der Waals surface area contributed by atoms with Gasteiger partial charge in [-0.25, -0.2) is 9.48 Å². The second-order valence-corrected chi connectivity index (χ2v) is 11.6. The van der Waals surface area contributed by atoms with E-state index in [1.54, 1.807) is 10.7 Å². The molecule has 0 saturated heterocycles. The van der Waals surface area contributed by atoms with Gasteiger partial charge in [-0.3, -0.25) is 4.79 Å². The van der Waals surface area contributed by atoms with E-state index in [0.29, 0.717) is 9.90 Å². The molecule has 33 heavy (non-hydrogen) atoms. The molecule has 2 heterocycles. The smallest absolute Gasteiger partial charge is 0.348 e. The fraction of sp³-hybridized carbons (Fsp3) is 0.480. The van der Waals surface area contributed by atoms with E-state index in [-0.39, 0.29) is 18.1 Å². The molecule has 4 aliphatic rings. The number of thiophene rings is 1. The van der Waals surface area contributed by atoms with Gasteiger partial charge >= 0.3 is 5.97 Å². The van der Waals surface area contributed by atoms with Gasteiger partial charge in [0.25, 0.3) is 5.91 Å². The third-order valence-corrected chi connectivity index (χ3v) is 8.90. The Bertz CT molecular complexity index is 1230. The Morgan fingerprint density at radius 3 is 2.55 bits per heavy atom. The number of halogens is 1. The molecule has 4 saturated carbocycles. The largest absolute Gasteiger partial charge is 0.451 e. The molecule has 1 amide bonds. The minimum absolute atomic E-state index is 0.0760. The maximum absolute atomic E-state index is 12.8. The number of hydrogen-bond acceptors (Lipinski definition) is 5. The number of nitrogens with one attached hydrogen (secondary N) is 1. The van der Waals surface area contributed by atoms with E-state index in [1.807, 2.05) is 31.2 Å². The average molecular weight is 484 g/mol. The van der Waals surface area contributed by atoms with E-state index in [1.165, 1.54) is 30.6 Å². The van der Waals surface area contributed by atoms with Crippen LogP contribution < -0.4 is 5.32 Å². The summed E-state index contributed by atoms with van der Waals surface area (Å²) in [5.74, 6) is 1.58. The lowest BCUT2D eigenvalue weighted by Crippen LogP contribution is -2.60. The second kappa shape index (κ2) is 7.84. The fourth-order valence-corrected chi connectivity index (χ4v) is 7.99. The fourth-order valence-electron chi connectivity index (χ4n) is 6.73. The van der Waals surface area contributed by atoms with Gasteiger partial charge in [-0.1, -0.05) is 17.7 Å². The molecule has 0 atom stereocenters.